The van der Waals surface area contributed by atoms with Gasteiger partial charge in [0.05, 0.1) is 25.9 Å². The molecule has 0 heterocycles. The van der Waals surface area contributed by atoms with Crippen LogP contribution in [0.5, 0.6) is 5.75 Å². The van der Waals surface area contributed by atoms with E-state index in [4.69, 9.17) is 15.6 Å². The van der Waals surface area contributed by atoms with Gasteiger partial charge in [0.1, 0.15) is 5.75 Å². The van der Waals surface area contributed by atoms with Gasteiger partial charge in [0, 0.05) is 18.3 Å². The smallest absolute Gasteiger partial charge is 0.238 e. The van der Waals surface area contributed by atoms with Crippen LogP contribution in [0.25, 0.3) is 0 Å². The molecule has 0 atom stereocenters. The summed E-state index contributed by atoms with van der Waals surface area (Å²) in [6, 6.07) is 5.53. The monoisotopic (exact) mass is 293 g/mol. The predicted octanol–water partition coefficient (Wildman–Crippen LogP) is 1.06. The summed E-state index contributed by atoms with van der Waals surface area (Å²) in [5.41, 5.74) is 6.87. The molecule has 4 N–H and O–H groups in total. The van der Waals surface area contributed by atoms with Crippen molar-refractivity contribution < 1.29 is 14.6 Å². The van der Waals surface area contributed by atoms with Crippen molar-refractivity contribution in [3.05, 3.63) is 18.2 Å². The third-order valence-corrected chi connectivity index (χ3v) is 3.82. The number of amides is 1. The van der Waals surface area contributed by atoms with E-state index in [9.17, 15) is 4.79 Å². The number of carbonyl (C=O) groups is 1. The zero-order valence-corrected chi connectivity index (χ0v) is 12.3. The molecule has 116 valence electrons. The molecule has 0 bridgehead atoms. The lowest BCUT2D eigenvalue weighted by atomic mass is 9.91. The highest BCUT2D eigenvalue weighted by Crippen LogP contribution is 2.27. The lowest BCUT2D eigenvalue weighted by molar-refractivity contribution is -0.118. The van der Waals surface area contributed by atoms with E-state index in [1.54, 1.807) is 25.3 Å². The molecule has 6 heteroatoms. The summed E-state index contributed by atoms with van der Waals surface area (Å²) < 4.78 is 5.21. The standard InChI is InChI=1S/C15H23N3O3/c1-21-14-6-5-11(16)9-13(14)17-15(20)10-18(7-8-19)12-3-2-4-12/h5-6,9,12,19H,2-4,7-8,10,16H2,1H3,(H,17,20). The van der Waals surface area contributed by atoms with Gasteiger partial charge >= 0.3 is 0 Å². The maximum absolute atomic E-state index is 12.2. The molecule has 1 amide bonds. The Balaban J connectivity index is 1.98. The SMILES string of the molecule is COc1ccc(N)cc1NC(=O)CN(CCO)C1CCC1. The summed E-state index contributed by atoms with van der Waals surface area (Å²) in [6.07, 6.45) is 3.38. The molecule has 0 spiro atoms. The Kier molecular flexibility index (Phi) is 5.41. The van der Waals surface area contributed by atoms with E-state index in [2.05, 4.69) is 5.32 Å². The van der Waals surface area contributed by atoms with Crippen molar-refractivity contribution in [3.8, 4) is 5.75 Å². The van der Waals surface area contributed by atoms with Crippen molar-refractivity contribution in [2.24, 2.45) is 0 Å². The van der Waals surface area contributed by atoms with Crippen LogP contribution in [0.1, 0.15) is 19.3 Å². The van der Waals surface area contributed by atoms with Gasteiger partial charge < -0.3 is 20.9 Å². The number of aliphatic hydroxyl groups excluding tert-OH is 1. The summed E-state index contributed by atoms with van der Waals surface area (Å²) in [5.74, 6) is 0.453. The molecule has 21 heavy (non-hydrogen) atoms. The summed E-state index contributed by atoms with van der Waals surface area (Å²) >= 11 is 0. The van der Waals surface area contributed by atoms with Gasteiger partial charge in [0.2, 0.25) is 5.91 Å². The Labute approximate surface area is 124 Å². The van der Waals surface area contributed by atoms with Gasteiger partial charge in [0.15, 0.2) is 0 Å². The first-order chi connectivity index (χ1) is 10.1. The first kappa shape index (κ1) is 15.6. The average Bonchev–Trinajstić information content (AvgIpc) is 2.37. The van der Waals surface area contributed by atoms with Crippen LogP contribution in [-0.4, -0.2) is 48.8 Å². The fourth-order valence-electron chi connectivity index (χ4n) is 2.47. The van der Waals surface area contributed by atoms with Crippen molar-refractivity contribution in [2.45, 2.75) is 25.3 Å². The molecular formula is C15H23N3O3. The number of nitrogens with two attached hydrogens (primary N) is 1. The molecule has 1 aromatic rings. The van der Waals surface area contributed by atoms with Crippen molar-refractivity contribution in [1.82, 2.24) is 4.90 Å². The van der Waals surface area contributed by atoms with Crippen LogP contribution < -0.4 is 15.8 Å². The highest BCUT2D eigenvalue weighted by molar-refractivity contribution is 5.94. The number of rotatable bonds is 7. The summed E-state index contributed by atoms with van der Waals surface area (Å²) in [4.78, 5) is 14.2. The normalized spacial score (nSPS) is 14.8. The predicted molar refractivity (Wildman–Crippen MR) is 82.3 cm³/mol. The maximum atomic E-state index is 12.2. The van der Waals surface area contributed by atoms with E-state index in [-0.39, 0.29) is 19.1 Å². The lowest BCUT2D eigenvalue weighted by Crippen LogP contribution is -2.45. The first-order valence-electron chi connectivity index (χ1n) is 7.22. The molecule has 2 rings (SSSR count). The Hall–Kier alpha value is -1.79. The molecule has 0 aromatic heterocycles. The van der Waals surface area contributed by atoms with Crippen molar-refractivity contribution >= 4 is 17.3 Å². The second-order valence-electron chi connectivity index (χ2n) is 5.29. The van der Waals surface area contributed by atoms with Crippen LogP contribution in [-0.2, 0) is 4.79 Å². The van der Waals surface area contributed by atoms with Gasteiger partial charge in [-0.15, -0.1) is 0 Å². The molecular weight excluding hydrogens is 270 g/mol. The average molecular weight is 293 g/mol. The zero-order valence-electron chi connectivity index (χ0n) is 12.3. The third kappa shape index (κ3) is 4.09. The number of nitrogen functional groups attached to an aromatic ring is 1. The fourth-order valence-corrected chi connectivity index (χ4v) is 2.47. The Morgan fingerprint density at radius 1 is 1.52 bits per heavy atom. The first-order valence-corrected chi connectivity index (χ1v) is 7.22. The number of methoxy groups -OCH3 is 1. The third-order valence-electron chi connectivity index (χ3n) is 3.82. The van der Waals surface area contributed by atoms with Crippen LogP contribution in [0.2, 0.25) is 0 Å². The molecule has 6 nitrogen and oxygen atoms in total. The summed E-state index contributed by atoms with van der Waals surface area (Å²) in [7, 11) is 1.55. The van der Waals surface area contributed by atoms with E-state index in [0.29, 0.717) is 29.7 Å². The number of nitrogens with zero attached hydrogens (tertiary/aromatic N) is 1. The minimum atomic E-state index is -0.126. The molecule has 0 saturated heterocycles. The van der Waals surface area contributed by atoms with Crippen LogP contribution >= 0.6 is 0 Å². The van der Waals surface area contributed by atoms with Gasteiger partial charge in [-0.25, -0.2) is 0 Å². The number of hydrogen-bond donors (Lipinski definition) is 3. The molecule has 1 aliphatic rings. The number of anilines is 2. The van der Waals surface area contributed by atoms with E-state index in [1.807, 2.05) is 4.90 Å². The molecule has 1 aromatic carbocycles. The maximum Gasteiger partial charge on any atom is 0.238 e. The number of carbonyl (C=O) groups excluding carboxylic acids is 1. The topological polar surface area (TPSA) is 87.8 Å². The highest BCUT2D eigenvalue weighted by Gasteiger charge is 2.26. The van der Waals surface area contributed by atoms with E-state index in [0.717, 1.165) is 12.8 Å². The van der Waals surface area contributed by atoms with E-state index < -0.39 is 0 Å². The molecule has 0 radical (unpaired) electrons. The Bertz CT molecular complexity index is 489. The second-order valence-corrected chi connectivity index (χ2v) is 5.29. The molecule has 1 aliphatic carbocycles. The van der Waals surface area contributed by atoms with E-state index in [1.165, 1.54) is 6.42 Å². The van der Waals surface area contributed by atoms with Crippen LogP contribution in [0.4, 0.5) is 11.4 Å². The fraction of sp³-hybridized carbons (Fsp3) is 0.533. The van der Waals surface area contributed by atoms with Crippen LogP contribution in [0.3, 0.4) is 0 Å². The minimum Gasteiger partial charge on any atom is -0.495 e. The van der Waals surface area contributed by atoms with Gasteiger partial charge in [0.25, 0.3) is 0 Å². The van der Waals surface area contributed by atoms with Gasteiger partial charge in [-0.05, 0) is 31.0 Å². The number of aliphatic hydroxyl groups is 1. The van der Waals surface area contributed by atoms with E-state index >= 15 is 0 Å². The van der Waals surface area contributed by atoms with Gasteiger partial charge in [-0.2, -0.15) is 0 Å². The molecule has 0 unspecified atom stereocenters. The Morgan fingerprint density at radius 3 is 2.86 bits per heavy atom. The van der Waals surface area contributed by atoms with Gasteiger partial charge in [-0.1, -0.05) is 6.42 Å². The number of benzene rings is 1. The second kappa shape index (κ2) is 7.28. The van der Waals surface area contributed by atoms with Crippen molar-refractivity contribution in [3.63, 3.8) is 0 Å². The molecule has 1 saturated carbocycles. The van der Waals surface area contributed by atoms with Crippen molar-refractivity contribution in [1.29, 1.82) is 0 Å². The van der Waals surface area contributed by atoms with Crippen LogP contribution in [0.15, 0.2) is 18.2 Å². The Morgan fingerprint density at radius 2 is 2.29 bits per heavy atom. The number of hydrogen-bond acceptors (Lipinski definition) is 5. The molecule has 0 aliphatic heterocycles. The number of nitrogens with one attached hydrogen (secondary N) is 1. The quantitative estimate of drug-likeness (QED) is 0.654. The number of ether oxygens (including phenoxy) is 1. The summed E-state index contributed by atoms with van der Waals surface area (Å²) in [6.45, 7) is 0.848. The lowest BCUT2D eigenvalue weighted by Gasteiger charge is -2.36. The highest BCUT2D eigenvalue weighted by atomic mass is 16.5. The molecule has 1 fully saturated rings. The zero-order chi connectivity index (χ0) is 15.2. The van der Waals surface area contributed by atoms with Gasteiger partial charge in [-0.3, -0.25) is 9.69 Å². The van der Waals surface area contributed by atoms with Crippen LogP contribution in [0, 0.1) is 0 Å². The minimum absolute atomic E-state index is 0.0609. The summed E-state index contributed by atoms with van der Waals surface area (Å²) in [5, 5.41) is 11.9. The largest absolute Gasteiger partial charge is 0.495 e. The van der Waals surface area contributed by atoms with Crippen molar-refractivity contribution in [2.75, 3.05) is 37.9 Å².